The molecule has 2 aromatic carbocycles. The largest absolute Gasteiger partial charge is 0.496 e. The maximum atomic E-state index is 13.1. The monoisotopic (exact) mass is 575 g/mol. The van der Waals surface area contributed by atoms with Gasteiger partial charge in [-0.3, -0.25) is 9.47 Å². The lowest BCUT2D eigenvalue weighted by Gasteiger charge is -2.40. The van der Waals surface area contributed by atoms with Crippen LogP contribution in [0.15, 0.2) is 54.2 Å². The molecule has 216 valence electrons. The number of hydrogen-bond donors (Lipinski definition) is 0. The van der Waals surface area contributed by atoms with Crippen LogP contribution in [-0.2, 0) is 16.0 Å². The predicted molar refractivity (Wildman–Crippen MR) is 160 cm³/mol. The minimum Gasteiger partial charge on any atom is -0.496 e. The fraction of sp³-hybridized carbons (Fsp3) is 0.406. The molecule has 2 aromatic heterocycles. The lowest BCUT2D eigenvalue weighted by Crippen LogP contribution is -2.36. The Morgan fingerprint density at radius 1 is 1.10 bits per heavy atom. The molecule has 0 spiro atoms. The number of rotatable bonds is 6. The molecule has 3 heterocycles. The van der Waals surface area contributed by atoms with E-state index < -0.39 is 11.7 Å². The molecular weight excluding hydrogens is 538 g/mol. The van der Waals surface area contributed by atoms with Crippen molar-refractivity contribution < 1.29 is 23.8 Å². The van der Waals surface area contributed by atoms with Gasteiger partial charge in [-0.2, -0.15) is 0 Å². The number of piperidine rings is 1. The Labute approximate surface area is 245 Å². The second-order valence-electron chi connectivity index (χ2n) is 11.6. The first-order valence-electron chi connectivity index (χ1n) is 13.8. The van der Waals surface area contributed by atoms with Gasteiger partial charge in [0.15, 0.2) is 0 Å². The number of benzene rings is 2. The van der Waals surface area contributed by atoms with Gasteiger partial charge in [0, 0.05) is 41.3 Å². The fourth-order valence-corrected chi connectivity index (χ4v) is 6.42. The maximum absolute atomic E-state index is 13.1. The number of aryl methyl sites for hydroxylation is 1. The summed E-state index contributed by atoms with van der Waals surface area (Å²) >= 11 is 1.49. The average molecular weight is 576 g/mol. The Balaban J connectivity index is 1.53. The molecule has 4 aromatic rings. The number of nitrogens with zero attached hydrogens (tertiary/aromatic N) is 3. The summed E-state index contributed by atoms with van der Waals surface area (Å²) in [6, 6.07) is 11.8. The second kappa shape index (κ2) is 11.7. The lowest BCUT2D eigenvalue weighted by atomic mass is 9.83. The van der Waals surface area contributed by atoms with Gasteiger partial charge in [-0.05, 0) is 105 Å². The highest BCUT2D eigenvalue weighted by Gasteiger charge is 2.32. The van der Waals surface area contributed by atoms with Crippen molar-refractivity contribution in [1.29, 1.82) is 0 Å². The summed E-state index contributed by atoms with van der Waals surface area (Å²) in [5.74, 6) is 0.838. The zero-order valence-electron chi connectivity index (χ0n) is 24.5. The van der Waals surface area contributed by atoms with Crippen LogP contribution in [0, 0.1) is 6.92 Å². The number of methoxy groups -OCH3 is 2. The van der Waals surface area contributed by atoms with Crippen molar-refractivity contribution in [1.82, 2.24) is 13.8 Å². The fourth-order valence-electron chi connectivity index (χ4n) is 5.80. The van der Waals surface area contributed by atoms with Crippen LogP contribution in [0.2, 0.25) is 0 Å². The SMILES string of the molecule is COC(=O)c1ccc([C@@H]2CC(c3cnsc3)CCN2Cc2c(OC)cc(C)c3c2ccn3C(=O)OC(C)(C)C)cc1. The molecule has 0 saturated carbocycles. The van der Waals surface area contributed by atoms with Crippen molar-refractivity contribution in [3.05, 3.63) is 82.0 Å². The summed E-state index contributed by atoms with van der Waals surface area (Å²) in [7, 11) is 3.08. The van der Waals surface area contributed by atoms with Gasteiger partial charge in [-0.25, -0.2) is 14.0 Å². The van der Waals surface area contributed by atoms with Crippen LogP contribution >= 0.6 is 11.5 Å². The molecule has 1 fully saturated rings. The average Bonchev–Trinajstić information content (AvgIpc) is 3.65. The van der Waals surface area contributed by atoms with Crippen molar-refractivity contribution >= 4 is 34.5 Å². The third kappa shape index (κ3) is 6.01. The normalized spacial score (nSPS) is 17.9. The molecule has 0 N–H and O–H groups in total. The lowest BCUT2D eigenvalue weighted by molar-refractivity contribution is 0.0542. The molecule has 5 rings (SSSR count). The number of fused-ring (bicyclic) bond motifs is 1. The van der Waals surface area contributed by atoms with Crippen LogP contribution in [0.1, 0.15) is 78.2 Å². The molecule has 9 heteroatoms. The Morgan fingerprint density at radius 3 is 2.49 bits per heavy atom. The number of aromatic nitrogens is 2. The smallest absolute Gasteiger partial charge is 0.419 e. The van der Waals surface area contributed by atoms with E-state index in [0.717, 1.165) is 52.7 Å². The van der Waals surface area contributed by atoms with Crippen molar-refractivity contribution in [2.45, 2.75) is 64.6 Å². The zero-order chi connectivity index (χ0) is 29.3. The quantitative estimate of drug-likeness (QED) is 0.227. The number of esters is 1. The van der Waals surface area contributed by atoms with Crippen molar-refractivity contribution in [3.8, 4) is 5.75 Å². The van der Waals surface area contributed by atoms with E-state index in [1.165, 1.54) is 24.2 Å². The Kier molecular flexibility index (Phi) is 8.20. The van der Waals surface area contributed by atoms with E-state index in [9.17, 15) is 9.59 Å². The molecule has 1 aliphatic heterocycles. The van der Waals surface area contributed by atoms with E-state index in [1.807, 2.05) is 70.3 Å². The van der Waals surface area contributed by atoms with E-state index >= 15 is 0 Å². The van der Waals surface area contributed by atoms with Gasteiger partial charge in [0.1, 0.15) is 11.4 Å². The molecule has 0 amide bonds. The highest BCUT2D eigenvalue weighted by molar-refractivity contribution is 7.03. The van der Waals surface area contributed by atoms with Gasteiger partial charge in [0.2, 0.25) is 0 Å². The van der Waals surface area contributed by atoms with Crippen LogP contribution in [-0.4, -0.2) is 52.3 Å². The second-order valence-corrected chi connectivity index (χ2v) is 12.2. The van der Waals surface area contributed by atoms with E-state index in [4.69, 9.17) is 14.2 Å². The highest BCUT2D eigenvalue weighted by atomic mass is 32.1. The standard InChI is InChI=1S/C32H37N3O5S/c1-20-15-28(38-5)26(25-12-14-35(29(20)25)31(37)40-32(2,3)4)18-34-13-11-23(24-17-33-41-19-24)16-27(34)21-7-9-22(10-8-21)30(36)39-6/h7-10,12,14-15,17,19,23,27H,11,13,16,18H2,1-6H3/t23?,27-/m0/s1. The minimum atomic E-state index is -0.601. The van der Waals surface area contributed by atoms with Crippen molar-refractivity contribution in [3.63, 3.8) is 0 Å². The summed E-state index contributed by atoms with van der Waals surface area (Å²) in [6.45, 7) is 9.09. The molecule has 8 nitrogen and oxygen atoms in total. The Morgan fingerprint density at radius 2 is 1.85 bits per heavy atom. The molecule has 1 unspecified atom stereocenters. The summed E-state index contributed by atoms with van der Waals surface area (Å²) in [6.07, 6.45) is 5.29. The van der Waals surface area contributed by atoms with E-state index in [-0.39, 0.29) is 12.0 Å². The third-order valence-corrected chi connectivity index (χ3v) is 8.36. The predicted octanol–water partition coefficient (Wildman–Crippen LogP) is 7.11. The molecule has 1 saturated heterocycles. The molecule has 2 atom stereocenters. The summed E-state index contributed by atoms with van der Waals surface area (Å²) < 4.78 is 22.4. The number of hydrogen-bond acceptors (Lipinski definition) is 8. The first-order valence-corrected chi connectivity index (χ1v) is 14.7. The Bertz CT molecular complexity index is 1540. The molecular formula is C32H37N3O5S. The molecule has 0 radical (unpaired) electrons. The maximum Gasteiger partial charge on any atom is 0.419 e. The molecule has 1 aliphatic rings. The van der Waals surface area contributed by atoms with Crippen LogP contribution in [0.3, 0.4) is 0 Å². The first-order chi connectivity index (χ1) is 19.6. The Hall–Kier alpha value is -3.69. The topological polar surface area (TPSA) is 82.9 Å². The van der Waals surface area contributed by atoms with Crippen LogP contribution in [0.25, 0.3) is 10.9 Å². The highest BCUT2D eigenvalue weighted by Crippen LogP contribution is 2.42. The molecule has 41 heavy (non-hydrogen) atoms. The molecule has 0 bridgehead atoms. The minimum absolute atomic E-state index is 0.106. The van der Waals surface area contributed by atoms with Crippen LogP contribution in [0.4, 0.5) is 4.79 Å². The van der Waals surface area contributed by atoms with Gasteiger partial charge in [-0.1, -0.05) is 12.1 Å². The van der Waals surface area contributed by atoms with E-state index in [2.05, 4.69) is 14.7 Å². The van der Waals surface area contributed by atoms with Crippen molar-refractivity contribution in [2.75, 3.05) is 20.8 Å². The van der Waals surface area contributed by atoms with Gasteiger partial charge < -0.3 is 14.2 Å². The van der Waals surface area contributed by atoms with Gasteiger partial charge in [-0.15, -0.1) is 0 Å². The summed E-state index contributed by atoms with van der Waals surface area (Å²) in [4.78, 5) is 27.6. The number of likely N-dealkylation sites (tertiary alicyclic amines) is 1. The number of carbonyl (C=O) groups excluding carboxylic acids is 2. The third-order valence-electron chi connectivity index (χ3n) is 7.75. The van der Waals surface area contributed by atoms with Gasteiger partial charge in [0.05, 0.1) is 25.3 Å². The van der Waals surface area contributed by atoms with Gasteiger partial charge in [0.25, 0.3) is 0 Å². The number of carbonyl (C=O) groups is 2. The van der Waals surface area contributed by atoms with Crippen LogP contribution < -0.4 is 4.74 Å². The summed E-state index contributed by atoms with van der Waals surface area (Å²) in [5, 5.41) is 3.11. The van der Waals surface area contributed by atoms with E-state index in [1.54, 1.807) is 17.9 Å². The summed E-state index contributed by atoms with van der Waals surface area (Å²) in [5.41, 5.74) is 5.14. The van der Waals surface area contributed by atoms with Crippen molar-refractivity contribution in [2.24, 2.45) is 0 Å². The first kappa shape index (κ1) is 28.8. The van der Waals surface area contributed by atoms with Crippen LogP contribution in [0.5, 0.6) is 5.75 Å². The zero-order valence-corrected chi connectivity index (χ0v) is 25.3. The number of ether oxygens (including phenoxy) is 3. The van der Waals surface area contributed by atoms with E-state index in [0.29, 0.717) is 18.0 Å². The van der Waals surface area contributed by atoms with Gasteiger partial charge >= 0.3 is 12.1 Å². The molecule has 0 aliphatic carbocycles.